The Balaban J connectivity index is 0.000000265. The summed E-state index contributed by atoms with van der Waals surface area (Å²) < 4.78 is 8.76. The number of hydrogen-bond acceptors (Lipinski definition) is 4. The molecule has 0 aliphatic heterocycles. The first-order chi connectivity index (χ1) is 24.4. The third-order valence-corrected chi connectivity index (χ3v) is 8.74. The number of fused-ring (bicyclic) bond motifs is 4. The second kappa shape index (κ2) is 14.3. The predicted molar refractivity (Wildman–Crippen MR) is 203 cm³/mol. The van der Waals surface area contributed by atoms with Gasteiger partial charge in [-0.3, -0.25) is 9.97 Å². The smallest absolute Gasteiger partial charge is 0.121 e. The van der Waals surface area contributed by atoms with Gasteiger partial charge in [-0.15, -0.1) is 54.1 Å². The van der Waals surface area contributed by atoms with Crippen LogP contribution in [0.4, 0.5) is 0 Å². The van der Waals surface area contributed by atoms with Gasteiger partial charge in [-0.1, -0.05) is 105 Å². The minimum absolute atomic E-state index is 0. The second-order valence-corrected chi connectivity index (χ2v) is 13.2. The maximum Gasteiger partial charge on any atom is 0.121 e. The quantitative estimate of drug-likeness (QED) is 0.166. The summed E-state index contributed by atoms with van der Waals surface area (Å²) in [6.45, 7) is 6.54. The summed E-state index contributed by atoms with van der Waals surface area (Å²) in [6.07, 6.45) is 3.67. The van der Waals surface area contributed by atoms with Crippen LogP contribution in [0.5, 0.6) is 0 Å². The van der Waals surface area contributed by atoms with E-state index in [0.717, 1.165) is 78.1 Å². The number of pyridine rings is 2. The van der Waals surface area contributed by atoms with Gasteiger partial charge in [0.1, 0.15) is 5.58 Å². The predicted octanol–water partition coefficient (Wildman–Crippen LogP) is 11.3. The Labute approximate surface area is 311 Å². The Hall–Kier alpha value is -5.68. The number of aromatic nitrogens is 4. The second-order valence-electron chi connectivity index (χ2n) is 13.2. The molecule has 4 heterocycles. The summed E-state index contributed by atoms with van der Waals surface area (Å²) in [6, 6.07) is 53.6. The summed E-state index contributed by atoms with van der Waals surface area (Å²) in [5.74, 6) is 0.784. The van der Waals surface area contributed by atoms with Gasteiger partial charge in [-0.2, -0.15) is 0 Å². The van der Waals surface area contributed by atoms with Gasteiger partial charge < -0.3 is 14.0 Å². The zero-order valence-electron chi connectivity index (χ0n) is 28.5. The van der Waals surface area contributed by atoms with Gasteiger partial charge in [0.25, 0.3) is 0 Å². The molecule has 0 bridgehead atoms. The topological polar surface area (TPSA) is 56.7 Å². The fraction of sp³-hybridized carbons (Fsp3) is 0.0889. The molecule has 0 saturated heterocycles. The number of benzene rings is 5. The average Bonchev–Trinajstić information content (AvgIpc) is 3.74. The van der Waals surface area contributed by atoms with Crippen LogP contribution >= 0.6 is 0 Å². The van der Waals surface area contributed by atoms with E-state index in [2.05, 4.69) is 109 Å². The fourth-order valence-electron chi connectivity index (χ4n) is 6.19. The van der Waals surface area contributed by atoms with Crippen molar-refractivity contribution in [3.05, 3.63) is 170 Å². The molecule has 9 aromatic rings. The van der Waals surface area contributed by atoms with E-state index < -0.39 is 0 Å². The number of para-hydroxylation sites is 1. The maximum atomic E-state index is 6.56. The molecule has 0 unspecified atom stereocenters. The van der Waals surface area contributed by atoms with Gasteiger partial charge in [-0.05, 0) is 47.2 Å². The van der Waals surface area contributed by atoms with Crippen LogP contribution in [0.1, 0.15) is 26.5 Å². The van der Waals surface area contributed by atoms with Gasteiger partial charge in [0, 0.05) is 48.5 Å². The minimum atomic E-state index is -0.0819. The van der Waals surface area contributed by atoms with E-state index in [1.807, 2.05) is 79.0 Å². The van der Waals surface area contributed by atoms with Crippen LogP contribution in [0, 0.1) is 12.1 Å². The summed E-state index contributed by atoms with van der Waals surface area (Å²) in [4.78, 5) is 14.0. The van der Waals surface area contributed by atoms with Gasteiger partial charge in [-0.25, -0.2) is 0 Å². The molecular formula is C45H34IrN4O-2. The van der Waals surface area contributed by atoms with E-state index in [1.165, 1.54) is 0 Å². The molecule has 1 radical (unpaired) electrons. The Morgan fingerprint density at radius 1 is 0.667 bits per heavy atom. The summed E-state index contributed by atoms with van der Waals surface area (Å²) in [7, 11) is 0. The first-order valence-electron chi connectivity index (χ1n) is 16.7. The summed E-state index contributed by atoms with van der Waals surface area (Å²) in [5, 5.41) is 2.13. The molecule has 51 heavy (non-hydrogen) atoms. The molecule has 0 amide bonds. The standard InChI is InChI=1S/C34H26N3O.C11H8N.Ir/c1-34(2,3)31-20-29-28(21-35-31)36-33(37(29)24-13-8-5-9-14-24)27-16-10-15-26-25-18-17-23(19-30(25)38-32(26)27)22-11-6-4-7-12-22;1-2-6-10(7-3-1)11-8-4-5-9-12-11;/h4-15,17-21H,1-3H3;1-6,8-9H;/q2*-1;. The van der Waals surface area contributed by atoms with Gasteiger partial charge in [0.15, 0.2) is 0 Å². The Morgan fingerprint density at radius 3 is 2.16 bits per heavy atom. The van der Waals surface area contributed by atoms with E-state index in [-0.39, 0.29) is 25.5 Å². The molecule has 0 aliphatic rings. The molecule has 0 fully saturated rings. The van der Waals surface area contributed by atoms with Crippen molar-refractivity contribution in [3.63, 3.8) is 0 Å². The number of hydrogen-bond donors (Lipinski definition) is 0. The van der Waals surface area contributed by atoms with E-state index in [0.29, 0.717) is 0 Å². The van der Waals surface area contributed by atoms with Crippen molar-refractivity contribution in [1.82, 2.24) is 19.5 Å². The van der Waals surface area contributed by atoms with E-state index in [4.69, 9.17) is 14.4 Å². The number of furan rings is 1. The molecular weight excluding hydrogens is 805 g/mol. The molecule has 6 heteroatoms. The average molecular weight is 839 g/mol. The minimum Gasteiger partial charge on any atom is -0.501 e. The van der Waals surface area contributed by atoms with Crippen LogP contribution in [0.3, 0.4) is 0 Å². The fourth-order valence-corrected chi connectivity index (χ4v) is 6.19. The number of imidazole rings is 1. The van der Waals surface area contributed by atoms with Crippen LogP contribution < -0.4 is 0 Å². The van der Waals surface area contributed by atoms with Gasteiger partial charge in [0.05, 0.1) is 28.6 Å². The SMILES string of the molecule is CC(C)(C)c1cc2c(cn1)nc(-c1[c-]ccc3c1oc1cc(-c4ccccc4)ccc13)n2-c1ccccc1.[Ir].[c-]1ccccc1-c1ccccn1. The molecule has 0 aliphatic carbocycles. The zero-order valence-corrected chi connectivity index (χ0v) is 30.9. The largest absolute Gasteiger partial charge is 0.501 e. The summed E-state index contributed by atoms with van der Waals surface area (Å²) in [5.41, 5.74) is 10.6. The zero-order chi connectivity index (χ0) is 34.1. The first-order valence-corrected chi connectivity index (χ1v) is 16.7. The Morgan fingerprint density at radius 2 is 1.43 bits per heavy atom. The van der Waals surface area contributed by atoms with E-state index >= 15 is 0 Å². The monoisotopic (exact) mass is 839 g/mol. The number of nitrogens with zero attached hydrogens (tertiary/aromatic N) is 4. The van der Waals surface area contributed by atoms with Crippen LogP contribution in [0.15, 0.2) is 156 Å². The van der Waals surface area contributed by atoms with Crippen LogP contribution in [0.2, 0.25) is 0 Å². The van der Waals surface area contributed by atoms with Crippen molar-refractivity contribution in [2.75, 3.05) is 0 Å². The summed E-state index contributed by atoms with van der Waals surface area (Å²) >= 11 is 0. The number of rotatable bonds is 4. The molecule has 9 rings (SSSR count). The molecule has 0 spiro atoms. The van der Waals surface area contributed by atoms with Crippen molar-refractivity contribution < 1.29 is 24.5 Å². The van der Waals surface area contributed by atoms with Crippen LogP contribution in [-0.2, 0) is 25.5 Å². The molecule has 0 N–H and O–H groups in total. The van der Waals surface area contributed by atoms with Crippen molar-refractivity contribution in [2.45, 2.75) is 26.2 Å². The molecule has 5 aromatic carbocycles. The third-order valence-electron chi connectivity index (χ3n) is 8.74. The van der Waals surface area contributed by atoms with Crippen molar-refractivity contribution in [1.29, 1.82) is 0 Å². The van der Waals surface area contributed by atoms with Crippen molar-refractivity contribution in [3.8, 4) is 39.5 Å². The van der Waals surface area contributed by atoms with Crippen LogP contribution in [0.25, 0.3) is 72.4 Å². The maximum absolute atomic E-state index is 6.56. The Bertz CT molecular complexity index is 2520. The Kier molecular flexibility index (Phi) is 9.46. The van der Waals surface area contributed by atoms with Crippen molar-refractivity contribution >= 4 is 33.0 Å². The molecule has 0 saturated carbocycles. The normalized spacial score (nSPS) is 11.3. The molecule has 0 atom stereocenters. The van der Waals surface area contributed by atoms with Crippen LogP contribution in [-0.4, -0.2) is 19.5 Å². The first kappa shape index (κ1) is 33.8. The van der Waals surface area contributed by atoms with E-state index in [1.54, 1.807) is 6.20 Å². The van der Waals surface area contributed by atoms with E-state index in [9.17, 15) is 0 Å². The van der Waals surface area contributed by atoms with Crippen molar-refractivity contribution in [2.24, 2.45) is 0 Å². The molecule has 251 valence electrons. The van der Waals surface area contributed by atoms with Gasteiger partial charge >= 0.3 is 0 Å². The van der Waals surface area contributed by atoms with Gasteiger partial charge in [0.2, 0.25) is 0 Å². The molecule has 5 nitrogen and oxygen atoms in total. The third kappa shape index (κ3) is 6.76. The molecule has 4 aromatic heterocycles.